The Hall–Kier alpha value is -7.42. The minimum atomic E-state index is 0.908. The summed E-state index contributed by atoms with van der Waals surface area (Å²) in [6, 6.07) is 76.5. The lowest BCUT2D eigenvalue weighted by Gasteiger charge is -2.26. The summed E-state index contributed by atoms with van der Waals surface area (Å²) in [5, 5.41) is 10.00. The van der Waals surface area contributed by atoms with Crippen molar-refractivity contribution >= 4 is 71.3 Å². The first kappa shape index (κ1) is 32.0. The zero-order valence-electron chi connectivity index (χ0n) is 30.6. The minimum absolute atomic E-state index is 0.908. The van der Waals surface area contributed by atoms with E-state index >= 15 is 0 Å². The van der Waals surface area contributed by atoms with Gasteiger partial charge >= 0.3 is 0 Å². The lowest BCUT2D eigenvalue weighted by molar-refractivity contribution is 0.669. The average molecular weight is 714 g/mol. The van der Waals surface area contributed by atoms with Crippen LogP contribution in [0, 0.1) is 0 Å². The molecule has 0 fully saturated rings. The van der Waals surface area contributed by atoms with Crippen LogP contribution in [0.15, 0.2) is 217 Å². The van der Waals surface area contributed by atoms with Crippen LogP contribution in [0.4, 0.5) is 17.1 Å². The van der Waals surface area contributed by atoms with E-state index in [-0.39, 0.29) is 0 Å². The molecule has 1 aromatic heterocycles. The van der Waals surface area contributed by atoms with Crippen molar-refractivity contribution in [2.24, 2.45) is 0 Å². The average Bonchev–Trinajstić information content (AvgIpc) is 3.66. The predicted molar refractivity (Wildman–Crippen MR) is 237 cm³/mol. The van der Waals surface area contributed by atoms with E-state index in [0.717, 1.165) is 50.1 Å². The second-order valence-electron chi connectivity index (χ2n) is 14.5. The summed E-state index contributed by atoms with van der Waals surface area (Å²) >= 11 is 0. The summed E-state index contributed by atoms with van der Waals surface area (Å²) in [5.74, 6) is 0. The molecule has 0 aliphatic carbocycles. The summed E-state index contributed by atoms with van der Waals surface area (Å²) in [6.45, 7) is 0. The van der Waals surface area contributed by atoms with Crippen LogP contribution in [-0.4, -0.2) is 0 Å². The number of hydrogen-bond acceptors (Lipinski definition) is 2. The molecule has 2 nitrogen and oxygen atoms in total. The van der Waals surface area contributed by atoms with Crippen LogP contribution < -0.4 is 4.90 Å². The lowest BCUT2D eigenvalue weighted by Crippen LogP contribution is -2.09. The quantitative estimate of drug-likeness (QED) is 0.160. The van der Waals surface area contributed by atoms with Crippen LogP contribution in [0.5, 0.6) is 0 Å². The number of benzene rings is 10. The summed E-state index contributed by atoms with van der Waals surface area (Å²) in [6.07, 6.45) is 0. The molecule has 0 bridgehead atoms. The number of anilines is 3. The topological polar surface area (TPSA) is 16.4 Å². The first-order valence-electron chi connectivity index (χ1n) is 19.2. The van der Waals surface area contributed by atoms with Crippen molar-refractivity contribution in [3.8, 4) is 33.4 Å². The van der Waals surface area contributed by atoms with Crippen LogP contribution in [-0.2, 0) is 0 Å². The maximum atomic E-state index is 6.11. The van der Waals surface area contributed by atoms with Crippen LogP contribution in [0.2, 0.25) is 0 Å². The third-order valence-electron chi connectivity index (χ3n) is 11.3. The SMILES string of the molecule is c1ccc(-c2ccc(N(c3ccc(-c4ccc5oc6ccccc6c5c4)cc3)c3ccc(-c4ccc5c6ccccc6c6ccccc6c5c4)cc3)cc2)cc1. The zero-order valence-corrected chi connectivity index (χ0v) is 30.6. The lowest BCUT2D eigenvalue weighted by atomic mass is 9.92. The van der Waals surface area contributed by atoms with Gasteiger partial charge in [0.15, 0.2) is 0 Å². The Morgan fingerprint density at radius 2 is 0.589 bits per heavy atom. The van der Waals surface area contributed by atoms with E-state index in [2.05, 4.69) is 205 Å². The van der Waals surface area contributed by atoms with Gasteiger partial charge in [0.1, 0.15) is 11.2 Å². The van der Waals surface area contributed by atoms with E-state index in [9.17, 15) is 0 Å². The van der Waals surface area contributed by atoms with Crippen molar-refractivity contribution in [1.82, 2.24) is 0 Å². The third-order valence-corrected chi connectivity index (χ3v) is 11.3. The number of nitrogens with zero attached hydrogens (tertiary/aromatic N) is 1. The zero-order chi connectivity index (χ0) is 37.0. The molecule has 0 aliphatic rings. The van der Waals surface area contributed by atoms with Crippen molar-refractivity contribution in [3.63, 3.8) is 0 Å². The summed E-state index contributed by atoms with van der Waals surface area (Å²) in [4.78, 5) is 2.34. The molecule has 262 valence electrons. The molecule has 0 unspecified atom stereocenters. The molecule has 56 heavy (non-hydrogen) atoms. The highest BCUT2D eigenvalue weighted by Gasteiger charge is 2.16. The van der Waals surface area contributed by atoms with Crippen molar-refractivity contribution in [2.45, 2.75) is 0 Å². The second kappa shape index (κ2) is 13.2. The van der Waals surface area contributed by atoms with E-state index < -0.39 is 0 Å². The molecule has 0 saturated heterocycles. The maximum absolute atomic E-state index is 6.11. The Kier molecular flexibility index (Phi) is 7.53. The van der Waals surface area contributed by atoms with E-state index in [0.29, 0.717) is 0 Å². The molecule has 0 saturated carbocycles. The van der Waals surface area contributed by atoms with Gasteiger partial charge in [-0.2, -0.15) is 0 Å². The summed E-state index contributed by atoms with van der Waals surface area (Å²) < 4.78 is 6.11. The van der Waals surface area contributed by atoms with Gasteiger partial charge in [0, 0.05) is 27.8 Å². The van der Waals surface area contributed by atoms with Gasteiger partial charge in [-0.15, -0.1) is 0 Å². The van der Waals surface area contributed by atoms with E-state index in [1.165, 1.54) is 54.6 Å². The van der Waals surface area contributed by atoms with Crippen LogP contribution in [0.1, 0.15) is 0 Å². The standard InChI is InChI=1S/C54H35NO/c1-2-10-36(11-3-1)37-18-26-42(27-19-37)55(44-30-22-39(23-31-44)41-25-33-54-52(35-41)50-16-8-9-17-53(50)56-54)43-28-20-38(21-29-43)40-24-32-49-47-14-5-4-12-45(47)46-13-6-7-15-48(46)51(49)34-40/h1-35H. The Balaban J connectivity index is 0.982. The molecule has 11 rings (SSSR count). The second-order valence-corrected chi connectivity index (χ2v) is 14.5. The van der Waals surface area contributed by atoms with Gasteiger partial charge in [-0.05, 0) is 126 Å². The summed E-state index contributed by atoms with van der Waals surface area (Å²) in [5.41, 5.74) is 12.2. The number of para-hydroxylation sites is 1. The van der Waals surface area contributed by atoms with Crippen LogP contribution >= 0.6 is 0 Å². The van der Waals surface area contributed by atoms with E-state index in [4.69, 9.17) is 4.42 Å². The largest absolute Gasteiger partial charge is 0.456 e. The predicted octanol–water partition coefficient (Wildman–Crippen LogP) is 15.5. The monoisotopic (exact) mass is 713 g/mol. The van der Waals surface area contributed by atoms with E-state index in [1.807, 2.05) is 12.1 Å². The third kappa shape index (κ3) is 5.42. The fraction of sp³-hybridized carbons (Fsp3) is 0. The maximum Gasteiger partial charge on any atom is 0.135 e. The molecular formula is C54H35NO. The Bertz CT molecular complexity index is 3180. The normalized spacial score (nSPS) is 11.6. The van der Waals surface area contributed by atoms with Gasteiger partial charge < -0.3 is 9.32 Å². The molecule has 0 aliphatic heterocycles. The number of hydrogen-bond donors (Lipinski definition) is 0. The highest BCUT2D eigenvalue weighted by atomic mass is 16.3. The van der Waals surface area contributed by atoms with Gasteiger partial charge in [-0.3, -0.25) is 0 Å². The van der Waals surface area contributed by atoms with E-state index in [1.54, 1.807) is 0 Å². The fourth-order valence-corrected chi connectivity index (χ4v) is 8.48. The number of furan rings is 1. The molecule has 0 radical (unpaired) electrons. The van der Waals surface area contributed by atoms with Crippen molar-refractivity contribution in [2.75, 3.05) is 4.90 Å². The Morgan fingerprint density at radius 3 is 1.14 bits per heavy atom. The van der Waals surface area contributed by atoms with Gasteiger partial charge in [-0.25, -0.2) is 0 Å². The Labute approximate surface area is 325 Å². The molecule has 11 aromatic rings. The highest BCUT2D eigenvalue weighted by Crippen LogP contribution is 2.40. The van der Waals surface area contributed by atoms with Crippen LogP contribution in [0.25, 0.3) is 87.6 Å². The first-order chi connectivity index (χ1) is 27.7. The molecule has 0 atom stereocenters. The molecule has 10 aromatic carbocycles. The molecule has 0 N–H and O–H groups in total. The molecular weight excluding hydrogens is 679 g/mol. The minimum Gasteiger partial charge on any atom is -0.456 e. The van der Waals surface area contributed by atoms with Gasteiger partial charge in [0.25, 0.3) is 0 Å². The van der Waals surface area contributed by atoms with Crippen molar-refractivity contribution < 1.29 is 4.42 Å². The van der Waals surface area contributed by atoms with Crippen LogP contribution in [0.3, 0.4) is 0 Å². The van der Waals surface area contributed by atoms with Gasteiger partial charge in [0.2, 0.25) is 0 Å². The molecule has 0 amide bonds. The van der Waals surface area contributed by atoms with Gasteiger partial charge in [-0.1, -0.05) is 152 Å². The summed E-state index contributed by atoms with van der Waals surface area (Å²) in [7, 11) is 0. The van der Waals surface area contributed by atoms with Gasteiger partial charge in [0.05, 0.1) is 0 Å². The first-order valence-corrected chi connectivity index (χ1v) is 19.2. The Morgan fingerprint density at radius 1 is 0.232 bits per heavy atom. The highest BCUT2D eigenvalue weighted by molar-refractivity contribution is 6.25. The molecule has 1 heterocycles. The number of rotatable bonds is 6. The van der Waals surface area contributed by atoms with Crippen molar-refractivity contribution in [3.05, 3.63) is 212 Å². The molecule has 2 heteroatoms. The molecule has 0 spiro atoms. The smallest absolute Gasteiger partial charge is 0.135 e. The number of fused-ring (bicyclic) bond motifs is 9. The fourth-order valence-electron chi connectivity index (χ4n) is 8.48. The van der Waals surface area contributed by atoms with Crippen molar-refractivity contribution in [1.29, 1.82) is 0 Å².